The predicted octanol–water partition coefficient (Wildman–Crippen LogP) is 4.75. The SMILES string of the molecule is CCCCCCCNC(=O)c1c(N)n(/N=C/c2ccccc2)c2nc3ccccc3nc12. The van der Waals surface area contributed by atoms with E-state index in [0.717, 1.165) is 23.9 Å². The summed E-state index contributed by atoms with van der Waals surface area (Å²) in [5, 5.41) is 7.52. The van der Waals surface area contributed by atoms with Crippen LogP contribution in [0.1, 0.15) is 54.9 Å². The molecule has 0 bridgehead atoms. The number of nitrogens with two attached hydrogens (primary N) is 1. The number of aromatic nitrogens is 3. The van der Waals surface area contributed by atoms with Crippen LogP contribution in [0.2, 0.25) is 0 Å². The van der Waals surface area contributed by atoms with Crippen LogP contribution in [0.4, 0.5) is 5.82 Å². The minimum Gasteiger partial charge on any atom is -0.383 e. The van der Waals surface area contributed by atoms with Crippen molar-refractivity contribution >= 4 is 40.1 Å². The fraction of sp³-hybridized carbons (Fsp3) is 0.280. The molecule has 0 aliphatic heterocycles. The van der Waals surface area contributed by atoms with Crippen LogP contribution in [0, 0.1) is 0 Å². The van der Waals surface area contributed by atoms with Crippen molar-refractivity contribution in [3.8, 4) is 0 Å². The first-order valence-corrected chi connectivity index (χ1v) is 11.1. The second kappa shape index (κ2) is 10.0. The lowest BCUT2D eigenvalue weighted by Gasteiger charge is -2.05. The van der Waals surface area contributed by atoms with Crippen LogP contribution >= 0.6 is 0 Å². The van der Waals surface area contributed by atoms with Gasteiger partial charge in [-0.05, 0) is 24.1 Å². The number of anilines is 1. The lowest BCUT2D eigenvalue weighted by atomic mass is 10.1. The number of nitrogens with zero attached hydrogens (tertiary/aromatic N) is 4. The maximum Gasteiger partial charge on any atom is 0.257 e. The third-order valence-corrected chi connectivity index (χ3v) is 5.39. The molecule has 3 N–H and O–H groups in total. The van der Waals surface area contributed by atoms with E-state index in [1.165, 1.54) is 23.9 Å². The van der Waals surface area contributed by atoms with Crippen molar-refractivity contribution in [3.05, 3.63) is 65.7 Å². The average molecular weight is 429 g/mol. The van der Waals surface area contributed by atoms with E-state index in [2.05, 4.69) is 17.3 Å². The summed E-state index contributed by atoms with van der Waals surface area (Å²) in [5.74, 6) is -0.0211. The summed E-state index contributed by atoms with van der Waals surface area (Å²) in [6.07, 6.45) is 7.32. The summed E-state index contributed by atoms with van der Waals surface area (Å²) in [7, 11) is 0. The second-order valence-corrected chi connectivity index (χ2v) is 7.78. The van der Waals surface area contributed by atoms with Gasteiger partial charge in [-0.3, -0.25) is 4.79 Å². The summed E-state index contributed by atoms with van der Waals surface area (Å²) >= 11 is 0. The Kier molecular flexibility index (Phi) is 6.75. The number of fused-ring (bicyclic) bond motifs is 2. The quantitative estimate of drug-likeness (QED) is 0.297. The number of carbonyl (C=O) groups is 1. The number of nitrogen functional groups attached to an aromatic ring is 1. The second-order valence-electron chi connectivity index (χ2n) is 7.78. The molecule has 0 aliphatic carbocycles. The lowest BCUT2D eigenvalue weighted by Crippen LogP contribution is -2.25. The van der Waals surface area contributed by atoms with Gasteiger partial charge in [0.1, 0.15) is 16.9 Å². The normalized spacial score (nSPS) is 11.5. The number of nitrogens with one attached hydrogen (secondary N) is 1. The highest BCUT2D eigenvalue weighted by molar-refractivity contribution is 6.10. The zero-order chi connectivity index (χ0) is 22.3. The molecule has 2 heterocycles. The van der Waals surface area contributed by atoms with E-state index in [-0.39, 0.29) is 11.7 Å². The average Bonchev–Trinajstić information content (AvgIpc) is 3.09. The molecule has 0 unspecified atom stereocenters. The standard InChI is InChI=1S/C25H28N6O/c1-2-3-4-5-11-16-27-25(32)21-22-24(30-20-15-10-9-14-19(20)29-22)31(23(21)26)28-17-18-12-7-6-8-13-18/h6-10,12-15,17H,2-5,11,16,26H2,1H3,(H,27,32)/b28-17+. The number of carbonyl (C=O) groups excluding carboxylic acids is 1. The first kappa shape index (κ1) is 21.5. The van der Waals surface area contributed by atoms with Gasteiger partial charge in [-0.15, -0.1) is 0 Å². The summed E-state index contributed by atoms with van der Waals surface area (Å²) in [4.78, 5) is 22.5. The molecule has 164 valence electrons. The number of rotatable bonds is 9. The van der Waals surface area contributed by atoms with E-state index in [4.69, 9.17) is 15.7 Å². The Balaban J connectivity index is 1.69. The van der Waals surface area contributed by atoms with Gasteiger partial charge in [-0.2, -0.15) is 9.78 Å². The number of hydrogen-bond acceptors (Lipinski definition) is 5. The highest BCUT2D eigenvalue weighted by atomic mass is 16.1. The maximum absolute atomic E-state index is 13.1. The van der Waals surface area contributed by atoms with Gasteiger partial charge in [0, 0.05) is 6.54 Å². The van der Waals surface area contributed by atoms with Crippen LogP contribution in [0.5, 0.6) is 0 Å². The molecule has 2 aromatic carbocycles. The molecule has 4 aromatic rings. The Morgan fingerprint density at radius 1 is 1.00 bits per heavy atom. The zero-order valence-corrected chi connectivity index (χ0v) is 18.3. The molecule has 32 heavy (non-hydrogen) atoms. The zero-order valence-electron chi connectivity index (χ0n) is 18.3. The smallest absolute Gasteiger partial charge is 0.257 e. The van der Waals surface area contributed by atoms with Gasteiger partial charge in [0.2, 0.25) is 0 Å². The maximum atomic E-state index is 13.1. The van der Waals surface area contributed by atoms with Gasteiger partial charge < -0.3 is 11.1 Å². The highest BCUT2D eigenvalue weighted by Gasteiger charge is 2.23. The minimum atomic E-state index is -0.249. The van der Waals surface area contributed by atoms with Gasteiger partial charge >= 0.3 is 0 Å². The molecule has 1 amide bonds. The van der Waals surface area contributed by atoms with Crippen molar-refractivity contribution < 1.29 is 4.79 Å². The summed E-state index contributed by atoms with van der Waals surface area (Å²) in [6.45, 7) is 2.79. The molecule has 0 fully saturated rings. The Morgan fingerprint density at radius 3 is 2.44 bits per heavy atom. The van der Waals surface area contributed by atoms with Crippen molar-refractivity contribution in [2.45, 2.75) is 39.0 Å². The van der Waals surface area contributed by atoms with E-state index in [1.54, 1.807) is 6.21 Å². The van der Waals surface area contributed by atoms with Gasteiger partial charge in [-0.1, -0.05) is 75.1 Å². The fourth-order valence-corrected chi connectivity index (χ4v) is 3.67. The van der Waals surface area contributed by atoms with Crippen LogP contribution < -0.4 is 11.1 Å². The first-order valence-electron chi connectivity index (χ1n) is 11.1. The predicted molar refractivity (Wildman–Crippen MR) is 130 cm³/mol. The van der Waals surface area contributed by atoms with E-state index in [0.29, 0.717) is 28.8 Å². The topological polar surface area (TPSA) is 98.2 Å². The highest BCUT2D eigenvalue weighted by Crippen LogP contribution is 2.27. The summed E-state index contributed by atoms with van der Waals surface area (Å²) in [6, 6.07) is 17.3. The first-order chi connectivity index (χ1) is 15.7. The van der Waals surface area contributed by atoms with Crippen LogP contribution in [0.25, 0.3) is 22.2 Å². The van der Waals surface area contributed by atoms with Crippen molar-refractivity contribution in [3.63, 3.8) is 0 Å². The molecular formula is C25H28N6O. The molecular weight excluding hydrogens is 400 g/mol. The van der Waals surface area contributed by atoms with E-state index in [1.807, 2.05) is 54.6 Å². The van der Waals surface area contributed by atoms with Gasteiger partial charge in [0.25, 0.3) is 5.91 Å². The number of para-hydroxylation sites is 2. The fourth-order valence-electron chi connectivity index (χ4n) is 3.67. The Bertz CT molecular complexity index is 1250. The number of benzene rings is 2. The van der Waals surface area contributed by atoms with Gasteiger partial charge in [0.15, 0.2) is 5.65 Å². The van der Waals surface area contributed by atoms with Crippen LogP contribution in [0.15, 0.2) is 59.7 Å². The molecule has 0 atom stereocenters. The third kappa shape index (κ3) is 4.61. The molecule has 7 nitrogen and oxygen atoms in total. The third-order valence-electron chi connectivity index (χ3n) is 5.39. The Morgan fingerprint density at radius 2 is 1.69 bits per heavy atom. The van der Waals surface area contributed by atoms with Crippen molar-refractivity contribution in [1.29, 1.82) is 0 Å². The van der Waals surface area contributed by atoms with Crippen molar-refractivity contribution in [1.82, 2.24) is 20.0 Å². The molecule has 2 aromatic heterocycles. The lowest BCUT2D eigenvalue weighted by molar-refractivity contribution is 0.0955. The number of amides is 1. The largest absolute Gasteiger partial charge is 0.383 e. The molecule has 0 radical (unpaired) electrons. The Hall–Kier alpha value is -3.74. The van der Waals surface area contributed by atoms with E-state index < -0.39 is 0 Å². The molecule has 0 aliphatic rings. The van der Waals surface area contributed by atoms with Crippen molar-refractivity contribution in [2.75, 3.05) is 12.3 Å². The summed E-state index contributed by atoms with van der Waals surface area (Å²) in [5.41, 5.74) is 9.99. The van der Waals surface area contributed by atoms with E-state index in [9.17, 15) is 4.79 Å². The minimum absolute atomic E-state index is 0.228. The van der Waals surface area contributed by atoms with Crippen LogP contribution in [-0.4, -0.2) is 33.3 Å². The molecule has 0 saturated carbocycles. The van der Waals surface area contributed by atoms with Gasteiger partial charge in [0.05, 0.1) is 17.2 Å². The molecule has 0 saturated heterocycles. The van der Waals surface area contributed by atoms with Crippen LogP contribution in [-0.2, 0) is 0 Å². The van der Waals surface area contributed by atoms with Gasteiger partial charge in [-0.25, -0.2) is 9.97 Å². The van der Waals surface area contributed by atoms with Crippen LogP contribution in [0.3, 0.4) is 0 Å². The van der Waals surface area contributed by atoms with Crippen molar-refractivity contribution in [2.24, 2.45) is 5.10 Å². The molecule has 0 spiro atoms. The number of hydrogen-bond donors (Lipinski definition) is 2. The monoisotopic (exact) mass is 428 g/mol. The Labute approximate surface area is 187 Å². The summed E-state index contributed by atoms with van der Waals surface area (Å²) < 4.78 is 1.50. The number of unbranched alkanes of at least 4 members (excludes halogenated alkanes) is 4. The van der Waals surface area contributed by atoms with E-state index >= 15 is 0 Å². The molecule has 7 heteroatoms. The molecule has 4 rings (SSSR count).